The van der Waals surface area contributed by atoms with Gasteiger partial charge in [-0.1, -0.05) is 48.5 Å². The molecule has 2 aromatic rings. The number of nitrogens with one attached hydrogen (secondary N) is 3. The summed E-state index contributed by atoms with van der Waals surface area (Å²) >= 11 is 5.02. The molecule has 0 bridgehead atoms. The molecule has 3 N–H and O–H groups in total. The van der Waals surface area contributed by atoms with E-state index in [0.29, 0.717) is 6.54 Å². The normalized spacial score (nSPS) is 10.8. The Labute approximate surface area is 148 Å². The zero-order chi connectivity index (χ0) is 18.3. The van der Waals surface area contributed by atoms with Crippen LogP contribution in [0.15, 0.2) is 54.6 Å². The number of amides is 1. The number of halogens is 3. The van der Waals surface area contributed by atoms with Crippen LogP contribution in [0.1, 0.15) is 16.7 Å². The maximum absolute atomic E-state index is 12.6. The van der Waals surface area contributed by atoms with Crippen LogP contribution in [-0.2, 0) is 23.9 Å². The summed E-state index contributed by atoms with van der Waals surface area (Å²) < 4.78 is 37.9. The maximum atomic E-state index is 12.6. The fraction of sp³-hybridized carbons (Fsp3) is 0.176. The summed E-state index contributed by atoms with van der Waals surface area (Å²) in [5.41, 5.74) is 5.36. The molecule has 0 atom stereocenters. The van der Waals surface area contributed by atoms with E-state index in [1.165, 1.54) is 12.1 Å². The number of thiocarbonyl (C=S) groups is 1. The smallest absolute Gasteiger partial charge is 0.357 e. The van der Waals surface area contributed by atoms with E-state index in [4.69, 9.17) is 12.2 Å². The molecular weight excluding hydrogens is 351 g/mol. The lowest BCUT2D eigenvalue weighted by atomic mass is 10.1. The third-order valence-electron chi connectivity index (χ3n) is 3.23. The predicted molar refractivity (Wildman–Crippen MR) is 92.3 cm³/mol. The van der Waals surface area contributed by atoms with Gasteiger partial charge in [-0.05, 0) is 29.4 Å². The first kappa shape index (κ1) is 18.7. The van der Waals surface area contributed by atoms with Crippen molar-refractivity contribution in [3.8, 4) is 0 Å². The van der Waals surface area contributed by atoms with Crippen LogP contribution < -0.4 is 16.2 Å². The first-order valence-corrected chi connectivity index (χ1v) is 7.78. The number of hydrogen-bond donors (Lipinski definition) is 3. The van der Waals surface area contributed by atoms with Gasteiger partial charge in [-0.25, -0.2) is 0 Å². The molecule has 0 heterocycles. The van der Waals surface area contributed by atoms with Gasteiger partial charge in [0.1, 0.15) is 0 Å². The van der Waals surface area contributed by atoms with Crippen molar-refractivity contribution in [2.24, 2.45) is 0 Å². The molecule has 1 amide bonds. The van der Waals surface area contributed by atoms with E-state index in [9.17, 15) is 18.0 Å². The van der Waals surface area contributed by atoms with Crippen LogP contribution in [0.4, 0.5) is 13.2 Å². The zero-order valence-corrected chi connectivity index (χ0v) is 13.9. The lowest BCUT2D eigenvalue weighted by Gasteiger charge is -2.12. The molecule has 8 heteroatoms. The Hall–Kier alpha value is -2.61. The van der Waals surface area contributed by atoms with Gasteiger partial charge in [0, 0.05) is 6.54 Å². The number of benzene rings is 2. The molecule has 0 aromatic heterocycles. The van der Waals surface area contributed by atoms with Crippen LogP contribution in [0.5, 0.6) is 0 Å². The molecule has 0 fully saturated rings. The van der Waals surface area contributed by atoms with Gasteiger partial charge in [-0.15, -0.1) is 0 Å². The SMILES string of the molecule is O=C(Cc1cccc(C(F)(F)F)c1)NNC(=S)NCc1ccccc1. The summed E-state index contributed by atoms with van der Waals surface area (Å²) in [6.07, 6.45) is -4.63. The summed E-state index contributed by atoms with van der Waals surface area (Å²) in [7, 11) is 0. The minimum atomic E-state index is -4.44. The van der Waals surface area contributed by atoms with Gasteiger partial charge in [0.05, 0.1) is 12.0 Å². The van der Waals surface area contributed by atoms with E-state index < -0.39 is 17.6 Å². The summed E-state index contributed by atoms with van der Waals surface area (Å²) in [6.45, 7) is 0.482. The minimum Gasteiger partial charge on any atom is -0.357 e. The number of alkyl halides is 3. The topological polar surface area (TPSA) is 53.2 Å². The lowest BCUT2D eigenvalue weighted by molar-refractivity contribution is -0.137. The summed E-state index contributed by atoms with van der Waals surface area (Å²) in [4.78, 5) is 11.8. The molecule has 0 radical (unpaired) electrons. The fourth-order valence-corrected chi connectivity index (χ4v) is 2.16. The van der Waals surface area contributed by atoms with Crippen molar-refractivity contribution in [3.05, 3.63) is 71.3 Å². The van der Waals surface area contributed by atoms with Gasteiger partial charge in [-0.2, -0.15) is 13.2 Å². The van der Waals surface area contributed by atoms with Crippen LogP contribution in [-0.4, -0.2) is 11.0 Å². The van der Waals surface area contributed by atoms with E-state index in [1.54, 1.807) is 0 Å². The Morgan fingerprint density at radius 1 is 0.960 bits per heavy atom. The Morgan fingerprint density at radius 2 is 1.64 bits per heavy atom. The summed E-state index contributed by atoms with van der Waals surface area (Å²) in [5, 5.41) is 3.11. The largest absolute Gasteiger partial charge is 0.416 e. The summed E-state index contributed by atoms with van der Waals surface area (Å²) in [6, 6.07) is 14.2. The van der Waals surface area contributed by atoms with Crippen molar-refractivity contribution >= 4 is 23.2 Å². The predicted octanol–water partition coefficient (Wildman–Crippen LogP) is 2.94. The third-order valence-corrected chi connectivity index (χ3v) is 3.48. The van der Waals surface area contributed by atoms with Gasteiger partial charge in [0.25, 0.3) is 0 Å². The zero-order valence-electron chi connectivity index (χ0n) is 13.1. The number of hydrazine groups is 1. The number of carbonyl (C=O) groups excluding carboxylic acids is 1. The highest BCUT2D eigenvalue weighted by atomic mass is 32.1. The molecule has 0 spiro atoms. The van der Waals surface area contributed by atoms with E-state index in [0.717, 1.165) is 17.7 Å². The average Bonchev–Trinajstić information content (AvgIpc) is 2.58. The van der Waals surface area contributed by atoms with Crippen molar-refractivity contribution in [1.82, 2.24) is 16.2 Å². The monoisotopic (exact) mass is 367 g/mol. The van der Waals surface area contributed by atoms with Gasteiger partial charge in [0.15, 0.2) is 5.11 Å². The molecule has 132 valence electrons. The van der Waals surface area contributed by atoms with Gasteiger partial charge < -0.3 is 5.32 Å². The Morgan fingerprint density at radius 3 is 2.32 bits per heavy atom. The second kappa shape index (κ2) is 8.48. The fourth-order valence-electron chi connectivity index (χ4n) is 2.04. The molecule has 0 saturated heterocycles. The molecule has 0 aliphatic rings. The average molecular weight is 367 g/mol. The van der Waals surface area contributed by atoms with Crippen molar-refractivity contribution in [2.45, 2.75) is 19.1 Å². The molecule has 25 heavy (non-hydrogen) atoms. The highest BCUT2D eigenvalue weighted by Crippen LogP contribution is 2.29. The molecule has 4 nitrogen and oxygen atoms in total. The Balaban J connectivity index is 1.78. The van der Waals surface area contributed by atoms with Crippen molar-refractivity contribution < 1.29 is 18.0 Å². The first-order valence-electron chi connectivity index (χ1n) is 7.37. The van der Waals surface area contributed by atoms with Crippen LogP contribution in [0.25, 0.3) is 0 Å². The maximum Gasteiger partial charge on any atom is 0.416 e. The van der Waals surface area contributed by atoms with Crippen LogP contribution in [0.2, 0.25) is 0 Å². The molecule has 2 aromatic carbocycles. The second-order valence-electron chi connectivity index (χ2n) is 5.22. The van der Waals surface area contributed by atoms with Crippen LogP contribution in [0, 0.1) is 0 Å². The van der Waals surface area contributed by atoms with Crippen LogP contribution in [0.3, 0.4) is 0 Å². The quantitative estimate of drug-likeness (QED) is 0.575. The van der Waals surface area contributed by atoms with Crippen LogP contribution >= 0.6 is 12.2 Å². The highest BCUT2D eigenvalue weighted by molar-refractivity contribution is 7.80. The molecule has 2 rings (SSSR count). The molecular formula is C17H16F3N3OS. The number of rotatable bonds is 4. The first-order chi connectivity index (χ1) is 11.8. The van der Waals surface area contributed by atoms with E-state index >= 15 is 0 Å². The minimum absolute atomic E-state index is 0.196. The molecule has 0 aliphatic carbocycles. The molecule has 0 unspecified atom stereocenters. The third kappa shape index (κ3) is 6.42. The standard InChI is InChI=1S/C17H16F3N3OS/c18-17(19,20)14-8-4-7-13(9-14)10-15(24)22-23-16(25)21-11-12-5-2-1-3-6-12/h1-9H,10-11H2,(H,22,24)(H2,21,23,25). The van der Waals surface area contributed by atoms with Crippen molar-refractivity contribution in [1.29, 1.82) is 0 Å². The Kier molecular flexibility index (Phi) is 6.35. The van der Waals surface area contributed by atoms with E-state index in [1.807, 2.05) is 30.3 Å². The second-order valence-corrected chi connectivity index (χ2v) is 5.62. The van der Waals surface area contributed by atoms with Crippen molar-refractivity contribution in [2.75, 3.05) is 0 Å². The van der Waals surface area contributed by atoms with Gasteiger partial charge in [-0.3, -0.25) is 15.6 Å². The highest BCUT2D eigenvalue weighted by Gasteiger charge is 2.30. The van der Waals surface area contributed by atoms with Crippen molar-refractivity contribution in [3.63, 3.8) is 0 Å². The molecule has 0 aliphatic heterocycles. The van der Waals surface area contributed by atoms with Gasteiger partial charge >= 0.3 is 6.18 Å². The lowest BCUT2D eigenvalue weighted by Crippen LogP contribution is -2.47. The number of hydrogen-bond acceptors (Lipinski definition) is 2. The van der Waals surface area contributed by atoms with E-state index in [2.05, 4.69) is 16.2 Å². The number of carbonyl (C=O) groups is 1. The molecule has 0 saturated carbocycles. The van der Waals surface area contributed by atoms with Gasteiger partial charge in [0.2, 0.25) is 5.91 Å². The van der Waals surface area contributed by atoms with E-state index in [-0.39, 0.29) is 17.1 Å². The summed E-state index contributed by atoms with van der Waals surface area (Å²) in [5.74, 6) is -0.497. The Bertz CT molecular complexity index is 735.